The van der Waals surface area contributed by atoms with Gasteiger partial charge in [0, 0.05) is 5.56 Å². The molecule has 0 unspecified atom stereocenters. The lowest BCUT2D eigenvalue weighted by Crippen LogP contribution is -2.20. The fraction of sp³-hybridized carbons (Fsp3) is 0.500. The Labute approximate surface area is 151 Å². The second kappa shape index (κ2) is 6.51. The summed E-state index contributed by atoms with van der Waals surface area (Å²) in [6, 6.07) is 2.14. The number of nitrogens with one attached hydrogen (secondary N) is 1. The van der Waals surface area contributed by atoms with Crippen LogP contribution in [0.4, 0.5) is 5.82 Å². The SMILES string of the molecule is Cc1cnn(C2CCCC2)c1NC(=O)c1cc(C(C)C)n2ncnc2n1. The van der Waals surface area contributed by atoms with Crippen LogP contribution in [-0.4, -0.2) is 35.3 Å². The Hall–Kier alpha value is -2.77. The number of aryl methyl sites for hydroxylation is 1. The Morgan fingerprint density at radius 1 is 1.27 bits per heavy atom. The molecule has 3 aromatic heterocycles. The van der Waals surface area contributed by atoms with E-state index in [2.05, 4.69) is 39.3 Å². The first-order valence-corrected chi connectivity index (χ1v) is 9.10. The second-order valence-corrected chi connectivity index (χ2v) is 7.21. The summed E-state index contributed by atoms with van der Waals surface area (Å²) < 4.78 is 3.63. The van der Waals surface area contributed by atoms with Crippen LogP contribution >= 0.6 is 0 Å². The number of rotatable bonds is 4. The summed E-state index contributed by atoms with van der Waals surface area (Å²) in [6.07, 6.45) is 7.88. The summed E-state index contributed by atoms with van der Waals surface area (Å²) in [6.45, 7) is 6.07. The van der Waals surface area contributed by atoms with Gasteiger partial charge in [0.1, 0.15) is 17.8 Å². The standard InChI is InChI=1S/C18H23N7O/c1-11(2)15-8-14(22-18-19-10-21-25(15)18)17(26)23-16-12(3)9-20-24(16)13-6-4-5-7-13/h8-11,13H,4-7H2,1-3H3,(H,23,26). The van der Waals surface area contributed by atoms with Crippen LogP contribution in [0.2, 0.25) is 0 Å². The van der Waals surface area contributed by atoms with Crippen molar-refractivity contribution >= 4 is 17.5 Å². The summed E-state index contributed by atoms with van der Waals surface area (Å²) in [5.41, 5.74) is 2.20. The van der Waals surface area contributed by atoms with Gasteiger partial charge in [-0.15, -0.1) is 0 Å². The molecule has 4 rings (SSSR count). The van der Waals surface area contributed by atoms with E-state index >= 15 is 0 Å². The maximum Gasteiger partial charge on any atom is 0.275 e. The molecule has 1 saturated carbocycles. The van der Waals surface area contributed by atoms with Gasteiger partial charge in [-0.3, -0.25) is 4.79 Å². The van der Waals surface area contributed by atoms with Crippen LogP contribution in [0.1, 0.15) is 73.2 Å². The molecule has 0 radical (unpaired) electrons. The van der Waals surface area contributed by atoms with Crippen LogP contribution in [0.15, 0.2) is 18.6 Å². The van der Waals surface area contributed by atoms with E-state index in [1.54, 1.807) is 10.6 Å². The van der Waals surface area contributed by atoms with Crippen LogP contribution in [-0.2, 0) is 0 Å². The molecule has 8 nitrogen and oxygen atoms in total. The van der Waals surface area contributed by atoms with E-state index in [1.807, 2.05) is 17.8 Å². The van der Waals surface area contributed by atoms with Gasteiger partial charge in [0.05, 0.1) is 17.9 Å². The molecule has 0 spiro atoms. The highest BCUT2D eigenvalue weighted by atomic mass is 16.2. The molecule has 0 bridgehead atoms. The van der Waals surface area contributed by atoms with Gasteiger partial charge in [0.25, 0.3) is 11.7 Å². The van der Waals surface area contributed by atoms with Gasteiger partial charge in [-0.1, -0.05) is 26.7 Å². The molecule has 1 aliphatic rings. The highest BCUT2D eigenvalue weighted by Gasteiger charge is 2.23. The molecule has 0 atom stereocenters. The van der Waals surface area contributed by atoms with Gasteiger partial charge in [-0.25, -0.2) is 14.2 Å². The number of carbonyl (C=O) groups excluding carboxylic acids is 1. The van der Waals surface area contributed by atoms with E-state index in [0.717, 1.165) is 29.9 Å². The Bertz CT molecular complexity index is 950. The predicted octanol–water partition coefficient (Wildman–Crippen LogP) is 3.12. The minimum absolute atomic E-state index is 0.194. The van der Waals surface area contributed by atoms with E-state index in [1.165, 1.54) is 19.2 Å². The van der Waals surface area contributed by atoms with Gasteiger partial charge in [-0.2, -0.15) is 15.2 Å². The largest absolute Gasteiger partial charge is 0.305 e. The lowest BCUT2D eigenvalue weighted by molar-refractivity contribution is 0.102. The quantitative estimate of drug-likeness (QED) is 0.778. The summed E-state index contributed by atoms with van der Waals surface area (Å²) in [5.74, 6) is 1.14. The number of anilines is 1. The number of fused-ring (bicyclic) bond motifs is 1. The zero-order chi connectivity index (χ0) is 18.3. The van der Waals surface area contributed by atoms with Gasteiger partial charge in [0.15, 0.2) is 0 Å². The molecule has 1 aliphatic carbocycles. The monoisotopic (exact) mass is 353 g/mol. The fourth-order valence-electron chi connectivity index (χ4n) is 3.56. The van der Waals surface area contributed by atoms with Crippen molar-refractivity contribution in [2.75, 3.05) is 5.32 Å². The van der Waals surface area contributed by atoms with Crippen molar-refractivity contribution < 1.29 is 4.79 Å². The molecule has 1 fully saturated rings. The Kier molecular flexibility index (Phi) is 4.18. The highest BCUT2D eigenvalue weighted by Crippen LogP contribution is 2.32. The Morgan fingerprint density at radius 2 is 2.04 bits per heavy atom. The van der Waals surface area contributed by atoms with Gasteiger partial charge >= 0.3 is 0 Å². The van der Waals surface area contributed by atoms with Crippen molar-refractivity contribution in [3.63, 3.8) is 0 Å². The summed E-state index contributed by atoms with van der Waals surface area (Å²) in [4.78, 5) is 21.4. The minimum atomic E-state index is -0.250. The number of aromatic nitrogens is 6. The van der Waals surface area contributed by atoms with Crippen molar-refractivity contribution in [3.05, 3.63) is 35.5 Å². The number of hydrogen-bond donors (Lipinski definition) is 1. The first-order valence-electron chi connectivity index (χ1n) is 9.10. The topological polar surface area (TPSA) is 90.0 Å². The van der Waals surface area contributed by atoms with E-state index in [4.69, 9.17) is 0 Å². The Morgan fingerprint density at radius 3 is 2.77 bits per heavy atom. The minimum Gasteiger partial charge on any atom is -0.305 e. The number of nitrogens with zero attached hydrogens (tertiary/aromatic N) is 6. The number of hydrogen-bond acceptors (Lipinski definition) is 5. The van der Waals surface area contributed by atoms with E-state index < -0.39 is 0 Å². The summed E-state index contributed by atoms with van der Waals surface area (Å²) >= 11 is 0. The molecule has 3 aromatic rings. The second-order valence-electron chi connectivity index (χ2n) is 7.21. The molecule has 8 heteroatoms. The highest BCUT2D eigenvalue weighted by molar-refractivity contribution is 6.03. The number of amides is 1. The first-order chi connectivity index (χ1) is 12.5. The average molecular weight is 353 g/mol. The van der Waals surface area contributed by atoms with Crippen LogP contribution in [0.5, 0.6) is 0 Å². The third-order valence-electron chi connectivity index (χ3n) is 4.98. The lowest BCUT2D eigenvalue weighted by Gasteiger charge is -2.16. The van der Waals surface area contributed by atoms with E-state index in [-0.39, 0.29) is 11.8 Å². The summed E-state index contributed by atoms with van der Waals surface area (Å²) in [7, 11) is 0. The molecule has 136 valence electrons. The van der Waals surface area contributed by atoms with Crippen molar-refractivity contribution in [1.29, 1.82) is 0 Å². The first kappa shape index (κ1) is 16.7. The maximum absolute atomic E-state index is 12.9. The van der Waals surface area contributed by atoms with Crippen LogP contribution in [0.3, 0.4) is 0 Å². The molecule has 0 aliphatic heterocycles. The zero-order valence-electron chi connectivity index (χ0n) is 15.3. The molecule has 3 heterocycles. The third kappa shape index (κ3) is 2.85. The molecule has 26 heavy (non-hydrogen) atoms. The van der Waals surface area contributed by atoms with Crippen LogP contribution in [0.25, 0.3) is 5.78 Å². The molecular weight excluding hydrogens is 330 g/mol. The maximum atomic E-state index is 12.9. The van der Waals surface area contributed by atoms with Crippen molar-refractivity contribution in [2.45, 2.75) is 58.4 Å². The summed E-state index contributed by atoms with van der Waals surface area (Å²) in [5, 5.41) is 11.7. The zero-order valence-corrected chi connectivity index (χ0v) is 15.3. The Balaban J connectivity index is 1.67. The van der Waals surface area contributed by atoms with Crippen molar-refractivity contribution in [1.82, 2.24) is 29.4 Å². The van der Waals surface area contributed by atoms with Crippen molar-refractivity contribution in [3.8, 4) is 0 Å². The fourth-order valence-corrected chi connectivity index (χ4v) is 3.56. The van der Waals surface area contributed by atoms with E-state index in [0.29, 0.717) is 17.5 Å². The lowest BCUT2D eigenvalue weighted by atomic mass is 10.1. The average Bonchev–Trinajstić information content (AvgIpc) is 3.35. The van der Waals surface area contributed by atoms with Gasteiger partial charge in [0.2, 0.25) is 0 Å². The van der Waals surface area contributed by atoms with E-state index in [9.17, 15) is 4.79 Å². The molecule has 0 saturated heterocycles. The third-order valence-corrected chi connectivity index (χ3v) is 4.98. The smallest absolute Gasteiger partial charge is 0.275 e. The van der Waals surface area contributed by atoms with Gasteiger partial charge in [-0.05, 0) is 31.7 Å². The van der Waals surface area contributed by atoms with Crippen molar-refractivity contribution in [2.24, 2.45) is 0 Å². The normalized spacial score (nSPS) is 15.2. The number of carbonyl (C=O) groups is 1. The van der Waals surface area contributed by atoms with Gasteiger partial charge < -0.3 is 5.32 Å². The molecule has 1 amide bonds. The molecule has 0 aromatic carbocycles. The molecule has 1 N–H and O–H groups in total. The van der Waals surface area contributed by atoms with Crippen LogP contribution < -0.4 is 5.32 Å². The van der Waals surface area contributed by atoms with Crippen LogP contribution in [0, 0.1) is 6.92 Å². The molecular formula is C18H23N7O. The predicted molar refractivity (Wildman–Crippen MR) is 97.3 cm³/mol.